The van der Waals surface area contributed by atoms with Gasteiger partial charge in [-0.05, 0) is 36.5 Å². The Morgan fingerprint density at radius 2 is 1.88 bits per heavy atom. The highest BCUT2D eigenvalue weighted by molar-refractivity contribution is 9.10. The number of nitrogens with zero attached hydrogens (tertiary/aromatic N) is 3. The Bertz CT molecular complexity index is 872. The topological polar surface area (TPSA) is 68.2 Å². The summed E-state index contributed by atoms with van der Waals surface area (Å²) in [4.78, 5) is 0. The minimum atomic E-state index is 0.117. The van der Waals surface area contributed by atoms with Crippen molar-refractivity contribution in [2.45, 2.75) is 0 Å². The summed E-state index contributed by atoms with van der Waals surface area (Å²) in [5.74, 6) is 0. The maximum Gasteiger partial charge on any atom is 0.184 e. The van der Waals surface area contributed by atoms with Gasteiger partial charge in [-0.2, -0.15) is 10.2 Å². The number of hydrogen-bond donors (Lipinski definition) is 2. The van der Waals surface area contributed by atoms with Gasteiger partial charge >= 0.3 is 0 Å². The van der Waals surface area contributed by atoms with Crippen molar-refractivity contribution >= 4 is 39.5 Å². The standard InChI is InChI=1S/C17H14BrN5S/c18-14-8-6-12(7-9-14)16-13(10-20-21-17(19)24)11-23(22-16)15-4-2-1-3-5-15/h1-11H,(H3,19,21,24)/b20-10+. The molecule has 0 radical (unpaired) electrons. The number of thiocarbonyl (C=S) groups is 1. The second-order valence-corrected chi connectivity index (χ2v) is 6.31. The van der Waals surface area contributed by atoms with Crippen LogP contribution in [0.5, 0.6) is 0 Å². The molecular weight excluding hydrogens is 386 g/mol. The van der Waals surface area contributed by atoms with Gasteiger partial charge in [-0.1, -0.05) is 46.3 Å². The monoisotopic (exact) mass is 399 g/mol. The van der Waals surface area contributed by atoms with E-state index in [9.17, 15) is 0 Å². The smallest absolute Gasteiger partial charge is 0.184 e. The number of nitrogens with two attached hydrogens (primary N) is 1. The summed E-state index contributed by atoms with van der Waals surface area (Å²) in [6.45, 7) is 0. The van der Waals surface area contributed by atoms with Crippen LogP contribution in [0.4, 0.5) is 0 Å². The van der Waals surface area contributed by atoms with Crippen molar-refractivity contribution in [2.75, 3.05) is 0 Å². The average molecular weight is 400 g/mol. The van der Waals surface area contributed by atoms with Crippen LogP contribution in [0.3, 0.4) is 0 Å². The van der Waals surface area contributed by atoms with Gasteiger partial charge in [0.2, 0.25) is 0 Å². The number of benzene rings is 2. The van der Waals surface area contributed by atoms with Crippen molar-refractivity contribution in [3.05, 3.63) is 70.8 Å². The van der Waals surface area contributed by atoms with Crippen molar-refractivity contribution in [3.63, 3.8) is 0 Å². The summed E-state index contributed by atoms with van der Waals surface area (Å²) in [5, 5.41) is 8.86. The van der Waals surface area contributed by atoms with Crippen molar-refractivity contribution in [2.24, 2.45) is 10.8 Å². The predicted molar refractivity (Wildman–Crippen MR) is 104 cm³/mol. The van der Waals surface area contributed by atoms with E-state index in [-0.39, 0.29) is 5.11 Å². The van der Waals surface area contributed by atoms with E-state index in [0.29, 0.717) is 0 Å². The van der Waals surface area contributed by atoms with Crippen LogP contribution < -0.4 is 11.2 Å². The first-order chi connectivity index (χ1) is 11.6. The van der Waals surface area contributed by atoms with Crippen molar-refractivity contribution < 1.29 is 0 Å². The Labute approximate surface area is 153 Å². The lowest BCUT2D eigenvalue weighted by molar-refractivity contribution is 0.884. The third-order valence-corrected chi connectivity index (χ3v) is 3.88. The van der Waals surface area contributed by atoms with E-state index in [2.05, 4.69) is 26.5 Å². The van der Waals surface area contributed by atoms with Gasteiger partial charge in [-0.15, -0.1) is 0 Å². The number of hydrogen-bond acceptors (Lipinski definition) is 3. The molecule has 7 heteroatoms. The third-order valence-electron chi connectivity index (χ3n) is 3.26. The van der Waals surface area contributed by atoms with E-state index in [0.717, 1.165) is 27.0 Å². The molecule has 0 aliphatic rings. The summed E-state index contributed by atoms with van der Waals surface area (Å²) in [5.41, 5.74) is 11.6. The Kier molecular flexibility index (Phi) is 5.02. The van der Waals surface area contributed by atoms with Crippen molar-refractivity contribution in [1.82, 2.24) is 15.2 Å². The molecule has 24 heavy (non-hydrogen) atoms. The molecule has 0 aliphatic carbocycles. The van der Waals surface area contributed by atoms with Crippen LogP contribution in [0.1, 0.15) is 5.56 Å². The van der Waals surface area contributed by atoms with Gasteiger partial charge in [-0.25, -0.2) is 4.68 Å². The Balaban J connectivity index is 2.04. The van der Waals surface area contributed by atoms with E-state index in [1.54, 1.807) is 6.21 Å². The first kappa shape index (κ1) is 16.4. The van der Waals surface area contributed by atoms with E-state index in [4.69, 9.17) is 23.1 Å². The Morgan fingerprint density at radius 1 is 1.17 bits per heavy atom. The van der Waals surface area contributed by atoms with Crippen LogP contribution in [0.25, 0.3) is 16.9 Å². The van der Waals surface area contributed by atoms with Gasteiger partial charge in [0, 0.05) is 21.8 Å². The normalized spacial score (nSPS) is 10.9. The molecule has 0 fully saturated rings. The zero-order valence-electron chi connectivity index (χ0n) is 12.6. The predicted octanol–water partition coefficient (Wildman–Crippen LogP) is 3.47. The lowest BCUT2D eigenvalue weighted by Gasteiger charge is -2.00. The quantitative estimate of drug-likeness (QED) is 0.400. The number of para-hydroxylation sites is 1. The van der Waals surface area contributed by atoms with E-state index in [1.807, 2.05) is 65.5 Å². The molecule has 2 aromatic carbocycles. The number of halogens is 1. The van der Waals surface area contributed by atoms with Gasteiger partial charge in [0.1, 0.15) is 5.69 Å². The first-order valence-corrected chi connectivity index (χ1v) is 8.33. The SMILES string of the molecule is NC(=S)N/N=C/c1cn(-c2ccccc2)nc1-c1ccc(Br)cc1. The minimum Gasteiger partial charge on any atom is -0.375 e. The minimum absolute atomic E-state index is 0.117. The van der Waals surface area contributed by atoms with Crippen LogP contribution in [-0.4, -0.2) is 21.1 Å². The van der Waals surface area contributed by atoms with E-state index >= 15 is 0 Å². The van der Waals surface area contributed by atoms with Crippen LogP contribution in [0.15, 0.2) is 70.4 Å². The summed E-state index contributed by atoms with van der Waals surface area (Å²) < 4.78 is 2.83. The molecule has 3 aromatic rings. The van der Waals surface area contributed by atoms with E-state index in [1.165, 1.54) is 0 Å². The van der Waals surface area contributed by atoms with E-state index < -0.39 is 0 Å². The fourth-order valence-corrected chi connectivity index (χ4v) is 2.51. The average Bonchev–Trinajstić information content (AvgIpc) is 3.00. The lowest BCUT2D eigenvalue weighted by Crippen LogP contribution is -2.24. The first-order valence-electron chi connectivity index (χ1n) is 7.13. The van der Waals surface area contributed by atoms with Crippen LogP contribution >= 0.6 is 28.1 Å². The summed E-state index contributed by atoms with van der Waals surface area (Å²) in [6.07, 6.45) is 3.57. The number of nitrogens with one attached hydrogen (secondary N) is 1. The molecule has 3 rings (SSSR count). The largest absolute Gasteiger partial charge is 0.375 e. The molecule has 0 amide bonds. The molecule has 3 N–H and O–H groups in total. The summed E-state index contributed by atoms with van der Waals surface area (Å²) in [6, 6.07) is 17.9. The molecule has 0 bridgehead atoms. The zero-order valence-corrected chi connectivity index (χ0v) is 15.0. The third kappa shape index (κ3) is 3.87. The molecule has 0 saturated heterocycles. The maximum absolute atomic E-state index is 5.40. The molecule has 5 nitrogen and oxygen atoms in total. The highest BCUT2D eigenvalue weighted by atomic mass is 79.9. The zero-order chi connectivity index (χ0) is 16.9. The van der Waals surface area contributed by atoms with Crippen LogP contribution in [0.2, 0.25) is 0 Å². The van der Waals surface area contributed by atoms with Gasteiger partial charge in [0.25, 0.3) is 0 Å². The molecular formula is C17H14BrN5S. The summed E-state index contributed by atoms with van der Waals surface area (Å²) >= 11 is 8.21. The molecule has 120 valence electrons. The second-order valence-electron chi connectivity index (χ2n) is 4.95. The fraction of sp³-hybridized carbons (Fsp3) is 0. The van der Waals surface area contributed by atoms with Crippen molar-refractivity contribution in [3.8, 4) is 16.9 Å². The highest BCUT2D eigenvalue weighted by Crippen LogP contribution is 2.24. The molecule has 0 atom stereocenters. The summed E-state index contributed by atoms with van der Waals surface area (Å²) in [7, 11) is 0. The van der Waals surface area contributed by atoms with Crippen LogP contribution in [0, 0.1) is 0 Å². The molecule has 0 spiro atoms. The fourth-order valence-electron chi connectivity index (χ4n) is 2.19. The lowest BCUT2D eigenvalue weighted by atomic mass is 10.1. The van der Waals surface area contributed by atoms with Gasteiger partial charge < -0.3 is 5.73 Å². The molecule has 1 aromatic heterocycles. The number of rotatable bonds is 4. The number of hydrazone groups is 1. The van der Waals surface area contributed by atoms with Gasteiger partial charge in [-0.3, -0.25) is 5.43 Å². The Hall–Kier alpha value is -2.51. The molecule has 1 heterocycles. The second kappa shape index (κ2) is 7.37. The highest BCUT2D eigenvalue weighted by Gasteiger charge is 2.11. The maximum atomic E-state index is 5.40. The molecule has 0 aliphatic heterocycles. The van der Waals surface area contributed by atoms with Gasteiger partial charge in [0.15, 0.2) is 5.11 Å². The van der Waals surface area contributed by atoms with Gasteiger partial charge in [0.05, 0.1) is 11.9 Å². The van der Waals surface area contributed by atoms with Crippen molar-refractivity contribution in [1.29, 1.82) is 0 Å². The van der Waals surface area contributed by atoms with Crippen LogP contribution in [-0.2, 0) is 0 Å². The molecule has 0 unspecified atom stereocenters. The number of aromatic nitrogens is 2. The molecule has 0 saturated carbocycles. The Morgan fingerprint density at radius 3 is 2.54 bits per heavy atom.